The van der Waals surface area contributed by atoms with E-state index in [4.69, 9.17) is 5.73 Å². The van der Waals surface area contributed by atoms with Crippen molar-refractivity contribution in [2.45, 2.75) is 33.6 Å². The number of aryl methyl sites for hydroxylation is 1. The number of likely N-dealkylation sites (N-methyl/N-ethyl adjacent to an activating group) is 1. The Labute approximate surface area is 235 Å². The highest BCUT2D eigenvalue weighted by Crippen LogP contribution is 2.15. The van der Waals surface area contributed by atoms with Gasteiger partial charge >= 0.3 is 0 Å². The molecule has 0 aliphatic carbocycles. The Morgan fingerprint density at radius 1 is 1.07 bits per heavy atom. The van der Waals surface area contributed by atoms with E-state index in [1.807, 2.05) is 51.1 Å². The lowest BCUT2D eigenvalue weighted by Gasteiger charge is -2.17. The van der Waals surface area contributed by atoms with Crippen LogP contribution in [-0.2, 0) is 9.59 Å². The van der Waals surface area contributed by atoms with Gasteiger partial charge in [0.15, 0.2) is 0 Å². The summed E-state index contributed by atoms with van der Waals surface area (Å²) >= 11 is 0. The van der Waals surface area contributed by atoms with E-state index in [2.05, 4.69) is 29.1 Å². The number of anilines is 1. The number of rotatable bonds is 12. The highest BCUT2D eigenvalue weighted by Gasteiger charge is 2.15. The number of hydrogen-bond donors (Lipinski definition) is 4. The number of carbonyl (C=O) groups is 2. The predicted octanol–water partition coefficient (Wildman–Crippen LogP) is 5.87. The second-order valence-corrected chi connectivity index (χ2v) is 8.61. The molecule has 0 saturated heterocycles. The molecule has 0 atom stereocenters. The molecule has 0 bridgehead atoms. The summed E-state index contributed by atoms with van der Waals surface area (Å²) in [7, 11) is 1.18. The van der Waals surface area contributed by atoms with Crippen LogP contribution in [0.1, 0.15) is 37.8 Å². The quantitative estimate of drug-likeness (QED) is 0.0870. The molecule has 0 aliphatic heterocycles. The molecule has 0 spiro atoms. The summed E-state index contributed by atoms with van der Waals surface area (Å²) in [4.78, 5) is 23.6. The van der Waals surface area contributed by atoms with Gasteiger partial charge in [-0.3, -0.25) is 9.59 Å². The summed E-state index contributed by atoms with van der Waals surface area (Å²) in [5.74, 6) is -0.939. The average molecular weight is 552 g/mol. The van der Waals surface area contributed by atoms with Gasteiger partial charge in [0.25, 0.3) is 5.91 Å². The number of benzene rings is 2. The van der Waals surface area contributed by atoms with Crippen LogP contribution in [0.2, 0.25) is 0 Å². The SMILES string of the molecule is C=C/C(N)=C(NCNC(=O)/C(=C/c1ccccc1C)N(C)F)\C(C)=C/C.C=CCCC(=O)Nc1ccc(F)cc1. The second-order valence-electron chi connectivity index (χ2n) is 8.61. The summed E-state index contributed by atoms with van der Waals surface area (Å²) in [6.45, 7) is 12.9. The standard InChI is InChI=1S/C20H27FN4O.C11H12FNO/c1-6-14(3)19(17(22)7-2)23-13-24-20(26)18(25(5)21)12-16-11-9-8-10-15(16)4;1-2-3-4-11(14)13-10-7-5-9(12)6-8-10/h6-12,23H,2,13,22H2,1,3-5H3,(H,24,26);2,5-8H,1,3-4H2,(H,13,14)/b14-6-,18-12-,19-17-;. The zero-order chi connectivity index (χ0) is 30.1. The Bertz CT molecular complexity index is 1250. The first-order valence-electron chi connectivity index (χ1n) is 12.6. The third-order valence-electron chi connectivity index (χ3n) is 5.60. The molecular weight excluding hydrogens is 512 g/mol. The van der Waals surface area contributed by atoms with Crippen LogP contribution in [0.25, 0.3) is 6.08 Å². The fourth-order valence-corrected chi connectivity index (χ4v) is 3.20. The van der Waals surface area contributed by atoms with Crippen molar-refractivity contribution < 1.29 is 18.5 Å². The topological polar surface area (TPSA) is 99.5 Å². The number of hydrogen-bond acceptors (Lipinski definition) is 5. The number of nitrogens with two attached hydrogens (primary N) is 1. The molecule has 0 heterocycles. The summed E-state index contributed by atoms with van der Waals surface area (Å²) in [5, 5.41) is 8.63. The van der Waals surface area contributed by atoms with Crippen LogP contribution in [0.5, 0.6) is 0 Å². The molecule has 0 fully saturated rings. The maximum absolute atomic E-state index is 13.8. The van der Waals surface area contributed by atoms with Crippen LogP contribution in [-0.4, -0.2) is 30.7 Å². The van der Waals surface area contributed by atoms with Crippen molar-refractivity contribution in [1.82, 2.24) is 15.8 Å². The van der Waals surface area contributed by atoms with Gasteiger partial charge in [0, 0.05) is 19.2 Å². The molecule has 0 saturated carbocycles. The van der Waals surface area contributed by atoms with E-state index in [1.54, 1.807) is 6.08 Å². The number of nitrogens with zero attached hydrogens (tertiary/aromatic N) is 1. The molecule has 40 heavy (non-hydrogen) atoms. The number of carbonyl (C=O) groups excluding carboxylic acids is 2. The molecule has 0 aliphatic rings. The zero-order valence-corrected chi connectivity index (χ0v) is 23.6. The first-order chi connectivity index (χ1) is 19.0. The molecule has 2 aromatic carbocycles. The Morgan fingerprint density at radius 3 is 2.27 bits per heavy atom. The van der Waals surface area contributed by atoms with Gasteiger partial charge in [-0.2, -0.15) is 0 Å². The molecule has 214 valence electrons. The Kier molecular flexibility index (Phi) is 14.8. The molecule has 7 nitrogen and oxygen atoms in total. The molecule has 5 N–H and O–H groups in total. The lowest BCUT2D eigenvalue weighted by Crippen LogP contribution is -2.37. The number of allylic oxidation sites excluding steroid dienone is 4. The van der Waals surface area contributed by atoms with Gasteiger partial charge in [0.05, 0.1) is 18.1 Å². The molecule has 0 aromatic heterocycles. The van der Waals surface area contributed by atoms with Crippen molar-refractivity contribution in [2.75, 3.05) is 19.0 Å². The fraction of sp³-hybridized carbons (Fsp3) is 0.226. The highest BCUT2D eigenvalue weighted by atomic mass is 19.2. The van der Waals surface area contributed by atoms with Crippen LogP contribution in [0, 0.1) is 12.7 Å². The Morgan fingerprint density at radius 2 is 1.73 bits per heavy atom. The summed E-state index contributed by atoms with van der Waals surface area (Å²) < 4.78 is 26.3. The molecule has 9 heteroatoms. The predicted molar refractivity (Wildman–Crippen MR) is 159 cm³/mol. The lowest BCUT2D eigenvalue weighted by atomic mass is 10.1. The van der Waals surface area contributed by atoms with Crippen LogP contribution in [0.3, 0.4) is 0 Å². The molecule has 0 unspecified atom stereocenters. The highest BCUT2D eigenvalue weighted by molar-refractivity contribution is 5.97. The van der Waals surface area contributed by atoms with E-state index in [0.717, 1.165) is 16.7 Å². The van der Waals surface area contributed by atoms with Crippen molar-refractivity contribution in [1.29, 1.82) is 0 Å². The summed E-state index contributed by atoms with van der Waals surface area (Å²) in [5.41, 5.74) is 10.2. The Hall–Kier alpha value is -4.66. The van der Waals surface area contributed by atoms with Crippen molar-refractivity contribution in [3.8, 4) is 0 Å². The molecule has 2 rings (SSSR count). The monoisotopic (exact) mass is 551 g/mol. The van der Waals surface area contributed by atoms with Gasteiger partial charge in [-0.1, -0.05) is 43.0 Å². The summed E-state index contributed by atoms with van der Waals surface area (Å²) in [6, 6.07) is 13.1. The zero-order valence-electron chi connectivity index (χ0n) is 23.6. The third-order valence-corrected chi connectivity index (χ3v) is 5.60. The van der Waals surface area contributed by atoms with Gasteiger partial charge in [0.1, 0.15) is 11.5 Å². The van der Waals surface area contributed by atoms with Gasteiger partial charge in [0.2, 0.25) is 5.91 Å². The van der Waals surface area contributed by atoms with Crippen LogP contribution in [0.4, 0.5) is 14.6 Å². The van der Waals surface area contributed by atoms with Crippen molar-refractivity contribution >= 4 is 23.6 Å². The van der Waals surface area contributed by atoms with E-state index in [1.165, 1.54) is 43.5 Å². The minimum atomic E-state index is -0.541. The van der Waals surface area contributed by atoms with Crippen molar-refractivity contribution in [3.05, 3.63) is 120 Å². The van der Waals surface area contributed by atoms with Gasteiger partial charge in [-0.25, -0.2) is 9.51 Å². The second kappa shape index (κ2) is 17.8. The van der Waals surface area contributed by atoms with Crippen molar-refractivity contribution in [3.63, 3.8) is 0 Å². The van der Waals surface area contributed by atoms with Crippen molar-refractivity contribution in [2.24, 2.45) is 5.73 Å². The molecular formula is C31H39F2N5O2. The smallest absolute Gasteiger partial charge is 0.271 e. The van der Waals surface area contributed by atoms with Crippen LogP contribution >= 0.6 is 0 Å². The largest absolute Gasteiger partial charge is 0.397 e. The average Bonchev–Trinajstić information content (AvgIpc) is 2.94. The van der Waals surface area contributed by atoms with E-state index in [-0.39, 0.29) is 24.1 Å². The number of nitrogens with one attached hydrogen (secondary N) is 3. The molecule has 2 aromatic rings. The van der Waals surface area contributed by atoms with Gasteiger partial charge < -0.3 is 21.7 Å². The minimum absolute atomic E-state index is 0.0866. The van der Waals surface area contributed by atoms with Gasteiger partial charge in [-0.05, 0) is 80.3 Å². The summed E-state index contributed by atoms with van der Waals surface area (Å²) in [6.07, 6.45) is 7.66. The number of halogens is 2. The fourth-order valence-electron chi connectivity index (χ4n) is 3.20. The van der Waals surface area contributed by atoms with E-state index >= 15 is 0 Å². The maximum Gasteiger partial charge on any atom is 0.271 e. The first-order valence-corrected chi connectivity index (χ1v) is 12.6. The maximum atomic E-state index is 13.8. The normalized spacial score (nSPS) is 11.8. The van der Waals surface area contributed by atoms with Gasteiger partial charge in [-0.15, -0.1) is 11.1 Å². The van der Waals surface area contributed by atoms with Crippen LogP contribution < -0.4 is 21.7 Å². The Balaban J connectivity index is 0.000000479. The minimum Gasteiger partial charge on any atom is -0.397 e. The molecule has 2 amide bonds. The molecule has 0 radical (unpaired) electrons. The van der Waals surface area contributed by atoms with E-state index in [0.29, 0.717) is 35.0 Å². The first kappa shape index (κ1) is 33.4. The number of amides is 2. The lowest BCUT2D eigenvalue weighted by molar-refractivity contribution is -0.120. The van der Waals surface area contributed by atoms with E-state index < -0.39 is 5.91 Å². The third kappa shape index (κ3) is 11.8. The van der Waals surface area contributed by atoms with Crippen LogP contribution in [0.15, 0.2) is 103 Å². The van der Waals surface area contributed by atoms with E-state index in [9.17, 15) is 18.5 Å².